The zero-order valence-corrected chi connectivity index (χ0v) is 27.7. The highest BCUT2D eigenvalue weighted by atomic mass is 16.3. The van der Waals surface area contributed by atoms with Crippen LogP contribution >= 0.6 is 0 Å². The van der Waals surface area contributed by atoms with Crippen LogP contribution in [0.3, 0.4) is 0 Å². The minimum Gasteiger partial charge on any atom is -0.507 e. The molecule has 0 aromatic heterocycles. The number of amides is 1. The number of phenolic OH excluding ortho intramolecular Hbond substituents is 1. The van der Waals surface area contributed by atoms with Gasteiger partial charge in [-0.2, -0.15) is 0 Å². The molecule has 0 aliphatic heterocycles. The predicted molar refractivity (Wildman–Crippen MR) is 179 cm³/mol. The van der Waals surface area contributed by atoms with Crippen LogP contribution in [0.1, 0.15) is 65.4 Å². The number of aryl methyl sites for hydroxylation is 2. The average Bonchev–Trinajstić information content (AvgIpc) is 3.02. The number of nitrogens with one attached hydrogen (secondary N) is 1. The number of primary amides is 1. The molecule has 0 spiro atoms. The van der Waals surface area contributed by atoms with Crippen molar-refractivity contribution in [3.05, 3.63) is 88.0 Å². The number of hydrogen-bond acceptors (Lipinski definition) is 8. The molecule has 0 radical (unpaired) electrons. The summed E-state index contributed by atoms with van der Waals surface area (Å²) in [6.45, 7) is 8.88. The summed E-state index contributed by atoms with van der Waals surface area (Å²) in [6, 6.07) is 17.8. The molecule has 2 saturated carbocycles. The van der Waals surface area contributed by atoms with Gasteiger partial charge in [0, 0.05) is 24.9 Å². The number of phenols is 1. The fraction of sp³-hybridized carbons (Fsp3) is 0.410. The fourth-order valence-corrected chi connectivity index (χ4v) is 8.57. The smallest absolute Gasteiger partial charge is 0.235 e. The number of nitrogens with two attached hydrogens (primary N) is 1. The molecule has 0 bridgehead atoms. The lowest BCUT2D eigenvalue weighted by Crippen LogP contribution is -2.71. The van der Waals surface area contributed by atoms with E-state index in [0.717, 1.165) is 28.7 Å². The van der Waals surface area contributed by atoms with E-state index in [1.54, 1.807) is 19.9 Å². The van der Waals surface area contributed by atoms with Crippen LogP contribution in [0.25, 0.3) is 11.1 Å². The highest BCUT2D eigenvalue weighted by Crippen LogP contribution is 2.54. The van der Waals surface area contributed by atoms with Crippen molar-refractivity contribution in [1.82, 2.24) is 5.32 Å². The van der Waals surface area contributed by atoms with E-state index >= 15 is 0 Å². The SMILES string of the molecule is CCc1ccc(CNCc2cccc(C)c2)cc1-c1ccc(O)c2c1C[C@H]1C[C@H]3[C@H](C(C)C)C(=O)C(C(N)=O)C(=O)[C@@]3(O)C(=O)C1C2=O. The summed E-state index contributed by atoms with van der Waals surface area (Å²) in [5.41, 5.74) is 9.48. The normalized spacial score (nSPS) is 26.7. The van der Waals surface area contributed by atoms with Crippen molar-refractivity contribution in [3.8, 4) is 16.9 Å². The maximum absolute atomic E-state index is 14.2. The minimum atomic E-state index is -2.71. The van der Waals surface area contributed by atoms with Crippen molar-refractivity contribution >= 4 is 29.0 Å². The first-order chi connectivity index (χ1) is 22.8. The number of aliphatic hydroxyl groups is 1. The Morgan fingerprint density at radius 3 is 2.33 bits per heavy atom. The second-order valence-electron chi connectivity index (χ2n) is 14.1. The summed E-state index contributed by atoms with van der Waals surface area (Å²) in [4.78, 5) is 67.7. The molecule has 3 aliphatic carbocycles. The Morgan fingerprint density at radius 2 is 1.69 bits per heavy atom. The average molecular weight is 651 g/mol. The topological polar surface area (TPSA) is 164 Å². The second-order valence-corrected chi connectivity index (χ2v) is 14.1. The van der Waals surface area contributed by atoms with E-state index in [-0.39, 0.29) is 24.2 Å². The molecule has 5 N–H and O–H groups in total. The van der Waals surface area contributed by atoms with Gasteiger partial charge in [0.15, 0.2) is 34.7 Å². The molecular formula is C39H42N2O7. The van der Waals surface area contributed by atoms with Crippen molar-refractivity contribution < 1.29 is 34.2 Å². The first-order valence-corrected chi connectivity index (χ1v) is 16.7. The summed E-state index contributed by atoms with van der Waals surface area (Å²) >= 11 is 0. The van der Waals surface area contributed by atoms with E-state index in [9.17, 15) is 34.2 Å². The standard InChI is InChI=1S/C39H42N2O7/c1-5-23-10-9-22(18-41-17-21-8-6-7-20(4)13-21)14-26(23)25-11-12-29(42)32-27(25)15-24-16-28-30(19(2)3)34(43)33(38(40)47)37(46)39(28,48)36(45)31(24)35(32)44/h6-14,19,24,28,30-31,33,41-42,48H,5,15-18H2,1-4H3,(H2,40,47)/t24-,28-,30-,31?,33?,39-/m0/s1. The Hall–Kier alpha value is -4.47. The zero-order valence-electron chi connectivity index (χ0n) is 27.7. The lowest BCUT2D eigenvalue weighted by molar-refractivity contribution is -0.182. The van der Waals surface area contributed by atoms with Crippen LogP contribution in [0.5, 0.6) is 5.75 Å². The minimum absolute atomic E-state index is 0.000346. The quantitative estimate of drug-likeness (QED) is 0.266. The van der Waals surface area contributed by atoms with Gasteiger partial charge in [-0.1, -0.05) is 68.8 Å². The van der Waals surface area contributed by atoms with Crippen LogP contribution in [0.4, 0.5) is 0 Å². The van der Waals surface area contributed by atoms with Crippen molar-refractivity contribution in [2.75, 3.05) is 0 Å². The predicted octanol–water partition coefficient (Wildman–Crippen LogP) is 4.04. The number of Topliss-reactive ketones (excluding diaryl/α,β-unsaturated/α-hetero) is 4. The monoisotopic (exact) mass is 650 g/mol. The second kappa shape index (κ2) is 12.5. The Labute approximate surface area is 279 Å². The van der Waals surface area contributed by atoms with Crippen LogP contribution < -0.4 is 11.1 Å². The van der Waals surface area contributed by atoms with Crippen LogP contribution in [-0.2, 0) is 45.1 Å². The molecule has 2 unspecified atom stereocenters. The molecule has 3 aromatic rings. The van der Waals surface area contributed by atoms with Gasteiger partial charge in [-0.3, -0.25) is 24.0 Å². The number of hydrogen-bond donors (Lipinski definition) is 4. The van der Waals surface area contributed by atoms with Gasteiger partial charge in [-0.15, -0.1) is 0 Å². The molecule has 9 nitrogen and oxygen atoms in total. The Balaban J connectivity index is 1.39. The van der Waals surface area contributed by atoms with E-state index in [4.69, 9.17) is 5.73 Å². The summed E-state index contributed by atoms with van der Waals surface area (Å²) in [6.07, 6.45) is 0.985. The number of carbonyl (C=O) groups is 5. The Kier molecular flexibility index (Phi) is 8.72. The molecule has 3 aromatic carbocycles. The molecular weight excluding hydrogens is 608 g/mol. The molecule has 250 valence electrons. The summed E-state index contributed by atoms with van der Waals surface area (Å²) < 4.78 is 0. The lowest BCUT2D eigenvalue weighted by Gasteiger charge is -2.52. The van der Waals surface area contributed by atoms with E-state index in [2.05, 4.69) is 48.6 Å². The molecule has 6 atom stereocenters. The van der Waals surface area contributed by atoms with Crippen molar-refractivity contribution in [3.63, 3.8) is 0 Å². The summed E-state index contributed by atoms with van der Waals surface area (Å²) in [7, 11) is 0. The molecule has 3 aliphatic rings. The highest BCUT2D eigenvalue weighted by Gasteiger charge is 2.69. The maximum Gasteiger partial charge on any atom is 0.235 e. The fourth-order valence-electron chi connectivity index (χ4n) is 8.57. The van der Waals surface area contributed by atoms with Crippen LogP contribution in [0.2, 0.25) is 0 Å². The lowest BCUT2D eigenvalue weighted by atomic mass is 9.49. The number of ketones is 4. The molecule has 48 heavy (non-hydrogen) atoms. The van der Waals surface area contributed by atoms with Gasteiger partial charge in [0.2, 0.25) is 5.91 Å². The third-order valence-electron chi connectivity index (χ3n) is 10.8. The zero-order chi connectivity index (χ0) is 34.7. The van der Waals surface area contributed by atoms with E-state index in [0.29, 0.717) is 18.7 Å². The summed E-state index contributed by atoms with van der Waals surface area (Å²) in [5.74, 6) is -11.6. The third kappa shape index (κ3) is 5.29. The van der Waals surface area contributed by atoms with E-state index in [1.807, 2.05) is 13.0 Å². The Morgan fingerprint density at radius 1 is 0.979 bits per heavy atom. The maximum atomic E-state index is 14.2. The molecule has 2 fully saturated rings. The van der Waals surface area contributed by atoms with Gasteiger partial charge in [-0.05, 0) is 83.5 Å². The van der Waals surface area contributed by atoms with Crippen molar-refractivity contribution in [2.24, 2.45) is 41.2 Å². The number of aromatic hydroxyl groups is 1. The van der Waals surface area contributed by atoms with Gasteiger partial charge >= 0.3 is 0 Å². The van der Waals surface area contributed by atoms with Gasteiger partial charge in [0.25, 0.3) is 0 Å². The van der Waals surface area contributed by atoms with Gasteiger partial charge in [-0.25, -0.2) is 0 Å². The van der Waals surface area contributed by atoms with Gasteiger partial charge in [0.05, 0.1) is 11.5 Å². The third-order valence-corrected chi connectivity index (χ3v) is 10.8. The summed E-state index contributed by atoms with van der Waals surface area (Å²) in [5, 5.41) is 26.4. The van der Waals surface area contributed by atoms with Crippen LogP contribution in [-0.4, -0.2) is 44.9 Å². The van der Waals surface area contributed by atoms with Gasteiger partial charge < -0.3 is 21.3 Å². The van der Waals surface area contributed by atoms with E-state index < -0.39 is 70.1 Å². The van der Waals surface area contributed by atoms with Crippen LogP contribution in [0.15, 0.2) is 54.6 Å². The molecule has 6 rings (SSSR count). The molecule has 0 saturated heterocycles. The van der Waals surface area contributed by atoms with Crippen molar-refractivity contribution in [1.29, 1.82) is 0 Å². The Bertz CT molecular complexity index is 1860. The molecule has 0 heterocycles. The first-order valence-electron chi connectivity index (χ1n) is 16.7. The molecule has 1 amide bonds. The van der Waals surface area contributed by atoms with Crippen LogP contribution in [0, 0.1) is 42.4 Å². The van der Waals surface area contributed by atoms with Gasteiger partial charge in [0.1, 0.15) is 5.75 Å². The number of carbonyl (C=O) groups excluding carboxylic acids is 5. The number of benzene rings is 3. The number of rotatable bonds is 8. The molecule has 9 heteroatoms. The number of fused-ring (bicyclic) bond motifs is 3. The first kappa shape index (κ1) is 33.4. The largest absolute Gasteiger partial charge is 0.507 e. The van der Waals surface area contributed by atoms with Crippen molar-refractivity contribution in [2.45, 2.75) is 65.6 Å². The highest BCUT2D eigenvalue weighted by molar-refractivity contribution is 6.32. The van der Waals surface area contributed by atoms with E-state index in [1.165, 1.54) is 17.2 Å².